The quantitative estimate of drug-likeness (QED) is 0.358. The Morgan fingerprint density at radius 2 is 1.74 bits per heavy atom. The average molecular weight is 464 g/mol. The van der Waals surface area contributed by atoms with E-state index in [1.54, 1.807) is 30.3 Å². The van der Waals surface area contributed by atoms with E-state index >= 15 is 0 Å². The predicted molar refractivity (Wildman–Crippen MR) is 121 cm³/mol. The van der Waals surface area contributed by atoms with Gasteiger partial charge in [0.25, 0.3) is 0 Å². The predicted octanol–water partition coefficient (Wildman–Crippen LogP) is 3.46. The van der Waals surface area contributed by atoms with Crippen molar-refractivity contribution in [1.82, 2.24) is 0 Å². The molecule has 0 radical (unpaired) electrons. The summed E-state index contributed by atoms with van der Waals surface area (Å²) in [6.45, 7) is -0.346. The van der Waals surface area contributed by atoms with Gasteiger partial charge in [0.15, 0.2) is 40.6 Å². The Labute approximate surface area is 192 Å². The topological polar surface area (TPSA) is 139 Å². The average Bonchev–Trinajstić information content (AvgIpc) is 2.82. The normalized spacial score (nSPS) is 17.0. The first-order valence-electron chi connectivity index (χ1n) is 10.3. The minimum atomic E-state index is -0.755. The first-order valence-corrected chi connectivity index (χ1v) is 10.3. The maximum atomic E-state index is 12.5. The number of benzene rings is 3. The van der Waals surface area contributed by atoms with Crippen molar-refractivity contribution in [2.75, 3.05) is 13.7 Å². The van der Waals surface area contributed by atoms with E-state index in [-0.39, 0.29) is 46.3 Å². The summed E-state index contributed by atoms with van der Waals surface area (Å²) in [6.07, 6.45) is -1.42. The summed E-state index contributed by atoms with van der Waals surface area (Å²) in [7, 11) is 1.44. The minimum absolute atomic E-state index is 0.0212. The van der Waals surface area contributed by atoms with Crippen molar-refractivity contribution >= 4 is 11.0 Å². The second-order valence-corrected chi connectivity index (χ2v) is 7.78. The number of fused-ring (bicyclic) bond motifs is 2. The van der Waals surface area contributed by atoms with Crippen LogP contribution in [0.1, 0.15) is 11.7 Å². The highest BCUT2D eigenvalue weighted by molar-refractivity contribution is 5.86. The monoisotopic (exact) mass is 464 g/mol. The van der Waals surface area contributed by atoms with E-state index in [0.717, 1.165) is 6.07 Å². The zero-order chi connectivity index (χ0) is 24.0. The fourth-order valence-corrected chi connectivity index (χ4v) is 3.97. The molecule has 174 valence electrons. The van der Waals surface area contributed by atoms with Crippen LogP contribution in [0.5, 0.6) is 34.5 Å². The van der Waals surface area contributed by atoms with Gasteiger partial charge < -0.3 is 39.1 Å². The van der Waals surface area contributed by atoms with Gasteiger partial charge in [0.05, 0.1) is 13.7 Å². The zero-order valence-corrected chi connectivity index (χ0v) is 17.9. The van der Waals surface area contributed by atoms with Crippen molar-refractivity contribution in [3.05, 3.63) is 70.4 Å². The molecule has 4 aromatic rings. The molecule has 9 heteroatoms. The highest BCUT2D eigenvalue weighted by Crippen LogP contribution is 2.43. The molecule has 2 unspecified atom stereocenters. The van der Waals surface area contributed by atoms with E-state index in [2.05, 4.69) is 0 Å². The fourth-order valence-electron chi connectivity index (χ4n) is 3.97. The Morgan fingerprint density at radius 3 is 2.50 bits per heavy atom. The van der Waals surface area contributed by atoms with Crippen LogP contribution in [0.15, 0.2) is 63.8 Å². The second-order valence-electron chi connectivity index (χ2n) is 7.78. The minimum Gasteiger partial charge on any atom is -0.508 e. The van der Waals surface area contributed by atoms with Gasteiger partial charge in [-0.15, -0.1) is 0 Å². The first-order chi connectivity index (χ1) is 16.4. The molecule has 34 heavy (non-hydrogen) atoms. The molecule has 1 aliphatic heterocycles. The molecule has 2 atom stereocenters. The summed E-state index contributed by atoms with van der Waals surface area (Å²) in [5.41, 5.74) is 0.692. The van der Waals surface area contributed by atoms with Gasteiger partial charge in [0, 0.05) is 29.3 Å². The molecular formula is C25H20O9. The van der Waals surface area contributed by atoms with E-state index in [1.807, 2.05) is 0 Å². The van der Waals surface area contributed by atoms with Crippen LogP contribution in [0, 0.1) is 0 Å². The molecule has 0 aliphatic carbocycles. The smallest absolute Gasteiger partial charge is 0.197 e. The lowest BCUT2D eigenvalue weighted by Crippen LogP contribution is -2.36. The number of phenolic OH excluding ortho intramolecular Hbond substituents is 3. The van der Waals surface area contributed by atoms with Crippen molar-refractivity contribution in [2.24, 2.45) is 0 Å². The van der Waals surface area contributed by atoms with Crippen molar-refractivity contribution in [1.29, 1.82) is 0 Å². The van der Waals surface area contributed by atoms with Crippen LogP contribution in [0.2, 0.25) is 0 Å². The van der Waals surface area contributed by atoms with Crippen LogP contribution in [0.3, 0.4) is 0 Å². The Hall–Kier alpha value is -4.37. The maximum Gasteiger partial charge on any atom is 0.197 e. The summed E-state index contributed by atoms with van der Waals surface area (Å²) in [5, 5.41) is 39.5. The van der Waals surface area contributed by atoms with E-state index < -0.39 is 17.6 Å². The third-order valence-electron chi connectivity index (χ3n) is 5.61. The van der Waals surface area contributed by atoms with Crippen LogP contribution in [-0.4, -0.2) is 40.2 Å². The molecule has 0 bridgehead atoms. The lowest BCUT2D eigenvalue weighted by Gasteiger charge is -2.33. The van der Waals surface area contributed by atoms with E-state index in [4.69, 9.17) is 18.6 Å². The number of hydrogen-bond donors (Lipinski definition) is 4. The molecule has 0 fully saturated rings. The first kappa shape index (κ1) is 21.5. The number of rotatable bonds is 4. The molecule has 9 nitrogen and oxygen atoms in total. The lowest BCUT2D eigenvalue weighted by atomic mass is 10.0. The molecule has 2 heterocycles. The SMILES string of the molecule is COc1cc(C2Oc3ccc(-c4cc(=O)c5c(O)cc(O)cc5o4)cc3OC2CO)ccc1O. The van der Waals surface area contributed by atoms with Crippen LogP contribution < -0.4 is 19.6 Å². The highest BCUT2D eigenvalue weighted by atomic mass is 16.6. The molecule has 0 amide bonds. The summed E-state index contributed by atoms with van der Waals surface area (Å²) >= 11 is 0. The second kappa shape index (κ2) is 8.20. The summed E-state index contributed by atoms with van der Waals surface area (Å²) < 4.78 is 23.0. The molecule has 4 N–H and O–H groups in total. The Morgan fingerprint density at radius 1 is 0.912 bits per heavy atom. The number of phenols is 3. The van der Waals surface area contributed by atoms with Crippen molar-refractivity contribution in [3.8, 4) is 45.8 Å². The van der Waals surface area contributed by atoms with Crippen molar-refractivity contribution in [3.63, 3.8) is 0 Å². The molecule has 0 saturated carbocycles. The van der Waals surface area contributed by atoms with Gasteiger partial charge in [0.1, 0.15) is 28.2 Å². The van der Waals surface area contributed by atoms with Crippen LogP contribution >= 0.6 is 0 Å². The third kappa shape index (κ3) is 3.61. The molecule has 0 spiro atoms. The number of aliphatic hydroxyl groups excluding tert-OH is 1. The Kier molecular flexibility index (Phi) is 5.18. The van der Waals surface area contributed by atoms with Crippen molar-refractivity contribution in [2.45, 2.75) is 12.2 Å². The number of methoxy groups -OCH3 is 1. The number of aromatic hydroxyl groups is 3. The fraction of sp³-hybridized carbons (Fsp3) is 0.160. The summed E-state index contributed by atoms with van der Waals surface area (Å²) in [4.78, 5) is 12.5. The highest BCUT2D eigenvalue weighted by Gasteiger charge is 2.33. The van der Waals surface area contributed by atoms with Crippen LogP contribution in [-0.2, 0) is 0 Å². The summed E-state index contributed by atoms with van der Waals surface area (Å²) in [6, 6.07) is 13.2. The van der Waals surface area contributed by atoms with Gasteiger partial charge in [-0.2, -0.15) is 0 Å². The number of hydrogen-bond acceptors (Lipinski definition) is 9. The van der Waals surface area contributed by atoms with Crippen LogP contribution in [0.25, 0.3) is 22.3 Å². The van der Waals surface area contributed by atoms with Gasteiger partial charge in [-0.05, 0) is 30.3 Å². The summed E-state index contributed by atoms with van der Waals surface area (Å²) in [5.74, 6) is 0.563. The maximum absolute atomic E-state index is 12.5. The van der Waals surface area contributed by atoms with Crippen molar-refractivity contribution < 1.29 is 39.1 Å². The molecule has 1 aromatic heterocycles. The Balaban J connectivity index is 1.53. The van der Waals surface area contributed by atoms with Gasteiger partial charge in [0.2, 0.25) is 0 Å². The van der Waals surface area contributed by atoms with E-state index in [0.29, 0.717) is 22.6 Å². The van der Waals surface area contributed by atoms with Gasteiger partial charge in [-0.25, -0.2) is 0 Å². The van der Waals surface area contributed by atoms with E-state index in [1.165, 1.54) is 25.3 Å². The van der Waals surface area contributed by atoms with Gasteiger partial charge >= 0.3 is 0 Å². The molecule has 1 aliphatic rings. The van der Waals surface area contributed by atoms with Crippen LogP contribution in [0.4, 0.5) is 0 Å². The third-order valence-corrected chi connectivity index (χ3v) is 5.61. The van der Waals surface area contributed by atoms with E-state index in [9.17, 15) is 25.2 Å². The largest absolute Gasteiger partial charge is 0.508 e. The molecule has 0 saturated heterocycles. The molecule has 5 rings (SSSR count). The lowest BCUT2D eigenvalue weighted by molar-refractivity contribution is -0.0123. The number of aliphatic hydroxyl groups is 1. The number of ether oxygens (including phenoxy) is 3. The Bertz CT molecular complexity index is 1460. The zero-order valence-electron chi connectivity index (χ0n) is 17.9. The van der Waals surface area contributed by atoms with Gasteiger partial charge in [-0.1, -0.05) is 6.07 Å². The molecular weight excluding hydrogens is 444 g/mol. The molecule has 3 aromatic carbocycles. The standard InChI is InChI=1S/C25H20O9/c1-31-20-7-13(2-4-15(20)28)25-23(11-26)33-21-6-12(3-5-18(21)34-25)19-10-17(30)24-16(29)8-14(27)9-22(24)32-19/h2-10,23,25-29H,11H2,1H3. The van der Waals surface area contributed by atoms with Gasteiger partial charge in [-0.3, -0.25) is 4.79 Å².